The maximum absolute atomic E-state index is 5.18. The number of fused-ring (bicyclic) bond motifs is 1. The van der Waals surface area contributed by atoms with Crippen molar-refractivity contribution in [2.75, 3.05) is 7.11 Å². The molecule has 0 aliphatic rings. The normalized spacial score (nSPS) is 9.42. The molecule has 0 saturated heterocycles. The fourth-order valence-corrected chi connectivity index (χ4v) is 0.938. The second-order valence-corrected chi connectivity index (χ2v) is 2.15. The predicted molar refractivity (Wildman–Crippen MR) is 47.7 cm³/mol. The first-order valence-electron chi connectivity index (χ1n) is 3.30. The first-order valence-corrected chi connectivity index (χ1v) is 3.30. The van der Waals surface area contributed by atoms with Crippen molar-refractivity contribution >= 4 is 40.7 Å². The summed E-state index contributed by atoms with van der Waals surface area (Å²) < 4.78 is 10.0. The van der Waals surface area contributed by atoms with Gasteiger partial charge in [0, 0.05) is 0 Å². The molecule has 2 rings (SSSR count). The summed E-state index contributed by atoms with van der Waals surface area (Å²) >= 11 is 0. The molecule has 4 heteroatoms. The van der Waals surface area contributed by atoms with E-state index in [1.54, 1.807) is 0 Å². The monoisotopic (exact) mass is 173 g/mol. The third kappa shape index (κ3) is 1.63. The van der Waals surface area contributed by atoms with Gasteiger partial charge in [-0.05, 0) is 12.1 Å². The summed E-state index contributed by atoms with van der Waals surface area (Å²) in [5.41, 5.74) is 1.58. The summed E-state index contributed by atoms with van der Waals surface area (Å²) in [5.74, 6) is 0. The molecule has 0 bridgehead atoms. The van der Waals surface area contributed by atoms with Gasteiger partial charge in [0.2, 0.25) is 0 Å². The van der Waals surface area contributed by atoms with Gasteiger partial charge in [0.1, 0.15) is 5.52 Å². The van der Waals surface area contributed by atoms with Gasteiger partial charge in [-0.15, -0.1) is 0 Å². The summed E-state index contributed by atoms with van der Waals surface area (Å²) in [6.07, 6.45) is 0.311. The fourth-order valence-electron chi connectivity index (χ4n) is 0.938. The summed E-state index contributed by atoms with van der Waals surface area (Å²) in [5, 5.41) is 0. The predicted octanol–water partition coefficient (Wildman–Crippen LogP) is 1.19. The molecule has 0 aliphatic heterocycles. The Morgan fingerprint density at radius 2 is 2.08 bits per heavy atom. The molecule has 58 valence electrons. The van der Waals surface area contributed by atoms with Gasteiger partial charge in [0.25, 0.3) is 0 Å². The minimum atomic E-state index is 0. The van der Waals surface area contributed by atoms with Crippen molar-refractivity contribution in [1.29, 1.82) is 0 Å². The molecule has 1 heterocycles. The molecule has 0 fully saturated rings. The van der Waals surface area contributed by atoms with Gasteiger partial charge < -0.3 is 9.15 Å². The van der Waals surface area contributed by atoms with Crippen LogP contribution in [0.3, 0.4) is 0 Å². The Morgan fingerprint density at radius 3 is 2.75 bits per heavy atom. The van der Waals surface area contributed by atoms with Gasteiger partial charge in [-0.1, -0.05) is 12.1 Å². The number of nitrogens with zero attached hydrogens (tertiary/aromatic N) is 1. The zero-order chi connectivity index (χ0) is 7.68. The first-order chi connectivity index (χ1) is 5.40. The van der Waals surface area contributed by atoms with Crippen LogP contribution in [0.2, 0.25) is 0 Å². The molecular formula is C8H8NNaO2. The molecule has 0 unspecified atom stereocenters. The van der Waals surface area contributed by atoms with Crippen molar-refractivity contribution in [3.05, 3.63) is 24.3 Å². The van der Waals surface area contributed by atoms with E-state index in [0.29, 0.717) is 6.08 Å². The zero-order valence-electron chi connectivity index (χ0n) is 6.07. The molecule has 0 spiro atoms. The number of benzene rings is 1. The van der Waals surface area contributed by atoms with E-state index in [4.69, 9.17) is 9.15 Å². The first kappa shape index (κ1) is 9.58. The molecule has 3 nitrogen and oxygen atoms in total. The van der Waals surface area contributed by atoms with Gasteiger partial charge in [0.15, 0.2) is 5.58 Å². The molecule has 0 amide bonds. The minimum absolute atomic E-state index is 0. The van der Waals surface area contributed by atoms with Crippen molar-refractivity contribution in [1.82, 2.24) is 4.98 Å². The standard InChI is InChI=1S/C8H7NO2.Na.H/c1-10-8-9-6-4-2-3-5-7(6)11-8;;/h2-5H,1H3;;. The molecular weight excluding hydrogens is 165 g/mol. The third-order valence-corrected chi connectivity index (χ3v) is 1.45. The van der Waals surface area contributed by atoms with Gasteiger partial charge in [0.05, 0.1) is 7.11 Å². The van der Waals surface area contributed by atoms with Crippen molar-refractivity contribution in [2.45, 2.75) is 0 Å². The van der Waals surface area contributed by atoms with Crippen LogP contribution in [0.15, 0.2) is 28.7 Å². The van der Waals surface area contributed by atoms with Crippen LogP contribution in [-0.2, 0) is 0 Å². The molecule has 0 saturated carbocycles. The number of hydrogen-bond acceptors (Lipinski definition) is 3. The summed E-state index contributed by atoms with van der Waals surface area (Å²) in [4.78, 5) is 4.04. The second kappa shape index (κ2) is 3.94. The van der Waals surface area contributed by atoms with Crippen molar-refractivity contribution in [3.63, 3.8) is 0 Å². The van der Waals surface area contributed by atoms with Gasteiger partial charge in [-0.3, -0.25) is 0 Å². The van der Waals surface area contributed by atoms with Gasteiger partial charge >= 0.3 is 35.6 Å². The Hall–Kier alpha value is -0.510. The van der Waals surface area contributed by atoms with Crippen LogP contribution in [-0.4, -0.2) is 41.7 Å². The average Bonchev–Trinajstić information content (AvgIpc) is 2.46. The molecule has 0 atom stereocenters. The molecule has 1 aromatic heterocycles. The van der Waals surface area contributed by atoms with Crippen molar-refractivity contribution < 1.29 is 9.15 Å². The summed E-state index contributed by atoms with van der Waals surface area (Å²) in [6, 6.07) is 7.53. The van der Waals surface area contributed by atoms with Crippen LogP contribution >= 0.6 is 0 Å². The van der Waals surface area contributed by atoms with E-state index in [2.05, 4.69) is 4.98 Å². The van der Waals surface area contributed by atoms with E-state index in [9.17, 15) is 0 Å². The maximum atomic E-state index is 5.18. The topological polar surface area (TPSA) is 35.3 Å². The number of oxazole rings is 1. The Bertz CT molecular complexity index is 339. The molecule has 0 aliphatic carbocycles. The van der Waals surface area contributed by atoms with Gasteiger partial charge in [-0.2, -0.15) is 4.98 Å². The number of para-hydroxylation sites is 2. The number of hydrogen-bond donors (Lipinski definition) is 0. The van der Waals surface area contributed by atoms with E-state index in [0.717, 1.165) is 11.1 Å². The fraction of sp³-hybridized carbons (Fsp3) is 0.125. The van der Waals surface area contributed by atoms with Crippen molar-refractivity contribution in [2.24, 2.45) is 0 Å². The quantitative estimate of drug-likeness (QED) is 0.607. The molecule has 0 radical (unpaired) electrons. The van der Waals surface area contributed by atoms with E-state index < -0.39 is 0 Å². The Morgan fingerprint density at radius 1 is 1.33 bits per heavy atom. The Kier molecular flexibility index (Phi) is 3.14. The number of methoxy groups -OCH3 is 1. The van der Waals surface area contributed by atoms with E-state index in [-0.39, 0.29) is 29.6 Å². The van der Waals surface area contributed by atoms with Crippen molar-refractivity contribution in [3.8, 4) is 6.08 Å². The van der Waals surface area contributed by atoms with Crippen LogP contribution in [0.4, 0.5) is 0 Å². The molecule has 12 heavy (non-hydrogen) atoms. The summed E-state index contributed by atoms with van der Waals surface area (Å²) in [6.45, 7) is 0. The van der Waals surface area contributed by atoms with Crippen LogP contribution in [0.5, 0.6) is 6.08 Å². The van der Waals surface area contributed by atoms with Crippen LogP contribution in [0.25, 0.3) is 11.1 Å². The Labute approximate surface area is 92.0 Å². The number of ether oxygens (including phenoxy) is 1. The Balaban J connectivity index is 0.000000720. The summed E-state index contributed by atoms with van der Waals surface area (Å²) in [7, 11) is 1.53. The molecule has 1 aromatic carbocycles. The van der Waals surface area contributed by atoms with E-state index >= 15 is 0 Å². The molecule has 0 N–H and O–H groups in total. The SMILES string of the molecule is COc1nc2ccccc2o1.[NaH]. The van der Waals surface area contributed by atoms with Gasteiger partial charge in [-0.25, -0.2) is 0 Å². The van der Waals surface area contributed by atoms with E-state index in [1.165, 1.54) is 7.11 Å². The number of aromatic nitrogens is 1. The average molecular weight is 173 g/mol. The van der Waals surface area contributed by atoms with Crippen LogP contribution < -0.4 is 4.74 Å². The third-order valence-electron chi connectivity index (χ3n) is 1.45. The zero-order valence-corrected chi connectivity index (χ0v) is 6.07. The van der Waals surface area contributed by atoms with Crippen LogP contribution in [0.1, 0.15) is 0 Å². The second-order valence-electron chi connectivity index (χ2n) is 2.15. The van der Waals surface area contributed by atoms with Crippen LogP contribution in [0, 0.1) is 0 Å². The number of rotatable bonds is 1. The molecule has 2 aromatic rings. The van der Waals surface area contributed by atoms with E-state index in [1.807, 2.05) is 24.3 Å².